The maximum absolute atomic E-state index is 11.0. The summed E-state index contributed by atoms with van der Waals surface area (Å²) in [5.41, 5.74) is -0.186. The van der Waals surface area contributed by atoms with Gasteiger partial charge in [-0.15, -0.1) is 0 Å². The van der Waals surface area contributed by atoms with Gasteiger partial charge in [-0.3, -0.25) is 8.98 Å². The highest BCUT2D eigenvalue weighted by molar-refractivity contribution is 7.85. The largest absolute Gasteiger partial charge is 0.477 e. The lowest BCUT2D eigenvalue weighted by Gasteiger charge is -2.08. The molecule has 0 radical (unpaired) electrons. The Balaban J connectivity index is 2.88. The van der Waals surface area contributed by atoms with Crippen molar-refractivity contribution >= 4 is 27.8 Å². The summed E-state index contributed by atoms with van der Waals surface area (Å²) in [6.07, 6.45) is 1.96. The second-order valence-corrected chi connectivity index (χ2v) is 5.29. The third-order valence-electron chi connectivity index (χ3n) is 1.96. The van der Waals surface area contributed by atoms with E-state index < -0.39 is 22.0 Å². The molecule has 1 aromatic rings. The van der Waals surface area contributed by atoms with Crippen LogP contribution in [0.25, 0.3) is 0 Å². The number of carbonyl (C=O) groups excluding carboxylic acids is 1. The summed E-state index contributed by atoms with van der Waals surface area (Å²) in [6, 6.07) is 0. The maximum Gasteiger partial charge on any atom is 0.341 e. The van der Waals surface area contributed by atoms with Gasteiger partial charge in [0, 0.05) is 6.92 Å². The van der Waals surface area contributed by atoms with Gasteiger partial charge in [-0.25, -0.2) is 9.48 Å². The molecular weight excluding hydrogens is 278 g/mol. The Morgan fingerprint density at radius 3 is 2.63 bits per heavy atom. The SMILES string of the molecule is CC(=O)Nc1c(C(=O)O)cnn1CCOS(C)(=O)=O. The molecule has 19 heavy (non-hydrogen) atoms. The summed E-state index contributed by atoms with van der Waals surface area (Å²) in [7, 11) is -3.58. The van der Waals surface area contributed by atoms with Crippen molar-refractivity contribution in [3.63, 3.8) is 0 Å². The summed E-state index contributed by atoms with van der Waals surface area (Å²) in [6.45, 7) is 0.984. The van der Waals surface area contributed by atoms with Crippen LogP contribution in [0.2, 0.25) is 0 Å². The third kappa shape index (κ3) is 4.67. The number of carbonyl (C=O) groups is 2. The van der Waals surface area contributed by atoms with Gasteiger partial charge in [-0.1, -0.05) is 0 Å². The highest BCUT2D eigenvalue weighted by Gasteiger charge is 2.17. The molecular formula is C9H13N3O6S. The summed E-state index contributed by atoms with van der Waals surface area (Å²) in [4.78, 5) is 21.9. The molecule has 1 aromatic heterocycles. The van der Waals surface area contributed by atoms with Gasteiger partial charge in [-0.05, 0) is 0 Å². The van der Waals surface area contributed by atoms with E-state index in [-0.39, 0.29) is 24.5 Å². The van der Waals surface area contributed by atoms with E-state index in [1.54, 1.807) is 0 Å². The fourth-order valence-electron chi connectivity index (χ4n) is 1.29. The van der Waals surface area contributed by atoms with Crippen molar-refractivity contribution in [1.29, 1.82) is 0 Å². The zero-order valence-electron chi connectivity index (χ0n) is 10.3. The minimum Gasteiger partial charge on any atom is -0.477 e. The van der Waals surface area contributed by atoms with Crippen LogP contribution in [0, 0.1) is 0 Å². The van der Waals surface area contributed by atoms with Gasteiger partial charge in [-0.2, -0.15) is 13.5 Å². The molecule has 1 heterocycles. The first kappa shape index (κ1) is 15.1. The molecule has 1 rings (SSSR count). The molecule has 0 aliphatic carbocycles. The van der Waals surface area contributed by atoms with Gasteiger partial charge >= 0.3 is 5.97 Å². The van der Waals surface area contributed by atoms with E-state index >= 15 is 0 Å². The maximum atomic E-state index is 11.0. The highest BCUT2D eigenvalue weighted by Crippen LogP contribution is 2.15. The fraction of sp³-hybridized carbons (Fsp3) is 0.444. The first-order valence-electron chi connectivity index (χ1n) is 5.12. The van der Waals surface area contributed by atoms with E-state index in [4.69, 9.17) is 5.11 Å². The van der Waals surface area contributed by atoms with E-state index in [0.717, 1.165) is 17.1 Å². The van der Waals surface area contributed by atoms with Crippen molar-refractivity contribution in [2.45, 2.75) is 13.5 Å². The summed E-state index contributed by atoms with van der Waals surface area (Å²) in [5, 5.41) is 15.0. The van der Waals surface area contributed by atoms with Crippen molar-refractivity contribution in [2.24, 2.45) is 0 Å². The van der Waals surface area contributed by atoms with E-state index in [1.165, 1.54) is 6.92 Å². The predicted molar refractivity (Wildman–Crippen MR) is 64.3 cm³/mol. The van der Waals surface area contributed by atoms with Crippen LogP contribution in [0.1, 0.15) is 17.3 Å². The molecule has 0 fully saturated rings. The molecule has 1 amide bonds. The summed E-state index contributed by atoms with van der Waals surface area (Å²) < 4.78 is 27.2. The second-order valence-electron chi connectivity index (χ2n) is 3.64. The molecule has 106 valence electrons. The minimum absolute atomic E-state index is 0.0166. The molecule has 0 saturated heterocycles. The molecule has 0 atom stereocenters. The number of aromatic nitrogens is 2. The Morgan fingerprint density at radius 2 is 2.16 bits per heavy atom. The molecule has 0 bridgehead atoms. The lowest BCUT2D eigenvalue weighted by Crippen LogP contribution is -2.17. The fourth-order valence-corrected chi connectivity index (χ4v) is 1.66. The molecule has 0 aliphatic rings. The third-order valence-corrected chi connectivity index (χ3v) is 2.56. The first-order valence-corrected chi connectivity index (χ1v) is 6.93. The number of hydrogen-bond acceptors (Lipinski definition) is 6. The lowest BCUT2D eigenvalue weighted by molar-refractivity contribution is -0.114. The first-order chi connectivity index (χ1) is 8.70. The Bertz CT molecular complexity index is 591. The van der Waals surface area contributed by atoms with E-state index in [1.807, 2.05) is 0 Å². The van der Waals surface area contributed by atoms with E-state index in [2.05, 4.69) is 14.6 Å². The molecule has 2 N–H and O–H groups in total. The van der Waals surface area contributed by atoms with Crippen molar-refractivity contribution in [3.8, 4) is 0 Å². The molecule has 0 aliphatic heterocycles. The molecule has 10 heteroatoms. The number of aromatic carboxylic acids is 1. The molecule has 0 aromatic carbocycles. The smallest absolute Gasteiger partial charge is 0.341 e. The van der Waals surface area contributed by atoms with Crippen molar-refractivity contribution in [2.75, 3.05) is 18.2 Å². The Kier molecular flexibility index (Phi) is 4.62. The van der Waals surface area contributed by atoms with Crippen LogP contribution in [0.3, 0.4) is 0 Å². The van der Waals surface area contributed by atoms with Crippen molar-refractivity contribution in [3.05, 3.63) is 11.8 Å². The number of anilines is 1. The average Bonchev–Trinajstić information content (AvgIpc) is 2.59. The number of hydrogen-bond donors (Lipinski definition) is 2. The zero-order chi connectivity index (χ0) is 14.6. The second kappa shape index (κ2) is 5.80. The number of amides is 1. The molecule has 0 unspecified atom stereocenters. The average molecular weight is 291 g/mol. The van der Waals surface area contributed by atoms with Gasteiger partial charge < -0.3 is 10.4 Å². The molecule has 0 spiro atoms. The monoisotopic (exact) mass is 291 g/mol. The summed E-state index contributed by atoms with van der Waals surface area (Å²) >= 11 is 0. The van der Waals surface area contributed by atoms with Crippen LogP contribution in [-0.4, -0.2) is 48.0 Å². The van der Waals surface area contributed by atoms with Crippen LogP contribution in [0.4, 0.5) is 5.82 Å². The number of carboxylic acid groups (broad SMARTS) is 1. The van der Waals surface area contributed by atoms with Gasteiger partial charge in [0.2, 0.25) is 5.91 Å². The number of nitrogens with zero attached hydrogens (tertiary/aromatic N) is 2. The van der Waals surface area contributed by atoms with E-state index in [0.29, 0.717) is 0 Å². The van der Waals surface area contributed by atoms with Crippen LogP contribution in [-0.2, 0) is 25.6 Å². The van der Waals surface area contributed by atoms with Crippen LogP contribution < -0.4 is 5.32 Å². The Morgan fingerprint density at radius 1 is 1.53 bits per heavy atom. The lowest BCUT2D eigenvalue weighted by atomic mass is 10.3. The number of nitrogens with one attached hydrogen (secondary N) is 1. The standard InChI is InChI=1S/C9H13N3O6S/c1-6(13)11-8-7(9(14)15)5-10-12(8)3-4-18-19(2,16)17/h5H,3-4H2,1-2H3,(H,11,13)(H,14,15). The van der Waals surface area contributed by atoms with E-state index in [9.17, 15) is 18.0 Å². The minimum atomic E-state index is -3.58. The number of rotatable bonds is 6. The number of carboxylic acids is 1. The normalized spacial score (nSPS) is 11.3. The van der Waals surface area contributed by atoms with Gasteiger partial charge in [0.15, 0.2) is 0 Å². The van der Waals surface area contributed by atoms with Gasteiger partial charge in [0.1, 0.15) is 11.4 Å². The topological polar surface area (TPSA) is 128 Å². The quantitative estimate of drug-likeness (QED) is 0.677. The van der Waals surface area contributed by atoms with Crippen LogP contribution in [0.5, 0.6) is 0 Å². The summed E-state index contributed by atoms with van der Waals surface area (Å²) in [5.74, 6) is -1.73. The highest BCUT2D eigenvalue weighted by atomic mass is 32.2. The van der Waals surface area contributed by atoms with Gasteiger partial charge in [0.25, 0.3) is 10.1 Å². The predicted octanol–water partition coefficient (Wildman–Crippen LogP) is -0.484. The Labute approximate surface area is 109 Å². The Hall–Kier alpha value is -1.94. The zero-order valence-corrected chi connectivity index (χ0v) is 11.1. The van der Waals surface area contributed by atoms with Crippen molar-refractivity contribution in [1.82, 2.24) is 9.78 Å². The van der Waals surface area contributed by atoms with Crippen LogP contribution >= 0.6 is 0 Å². The van der Waals surface area contributed by atoms with Gasteiger partial charge in [0.05, 0.1) is 25.6 Å². The van der Waals surface area contributed by atoms with Crippen molar-refractivity contribution < 1.29 is 27.3 Å². The molecule has 0 saturated carbocycles. The molecule has 9 nitrogen and oxygen atoms in total. The van der Waals surface area contributed by atoms with Crippen LogP contribution in [0.15, 0.2) is 6.20 Å².